The van der Waals surface area contributed by atoms with Crippen molar-refractivity contribution in [3.63, 3.8) is 0 Å². The van der Waals surface area contributed by atoms with Crippen LogP contribution in [-0.4, -0.2) is 23.5 Å². The first-order valence-electron chi connectivity index (χ1n) is 7.00. The number of hydrogen-bond acceptors (Lipinski definition) is 5. The molecule has 1 aromatic carbocycles. The monoisotopic (exact) mass is 288 g/mol. The minimum atomic E-state index is -0.543. The lowest BCUT2D eigenvalue weighted by molar-refractivity contribution is -0.384. The number of rotatable bonds is 3. The molecule has 0 bridgehead atoms. The number of esters is 1. The van der Waals surface area contributed by atoms with Gasteiger partial charge < -0.3 is 10.1 Å². The molecule has 0 spiro atoms. The van der Waals surface area contributed by atoms with Crippen LogP contribution in [0.25, 0.3) is 0 Å². The molecule has 0 fully saturated rings. The zero-order valence-electron chi connectivity index (χ0n) is 11.6. The Balaban J connectivity index is 2.05. The molecule has 1 aliphatic carbocycles. The van der Waals surface area contributed by atoms with E-state index < -0.39 is 11.0 Å². The minimum absolute atomic E-state index is 0.000508. The Labute approximate surface area is 121 Å². The minimum Gasteiger partial charge on any atom is -0.464 e. The highest BCUT2D eigenvalue weighted by Gasteiger charge is 2.43. The van der Waals surface area contributed by atoms with E-state index in [-0.39, 0.29) is 23.5 Å². The molecular weight excluding hydrogens is 272 g/mol. The van der Waals surface area contributed by atoms with Crippen molar-refractivity contribution in [2.45, 2.75) is 25.3 Å². The van der Waals surface area contributed by atoms with Crippen molar-refractivity contribution >= 4 is 17.3 Å². The number of fused-ring (bicyclic) bond motifs is 3. The van der Waals surface area contributed by atoms with Gasteiger partial charge in [-0.3, -0.25) is 10.1 Å². The first-order chi connectivity index (χ1) is 10.1. The summed E-state index contributed by atoms with van der Waals surface area (Å²) in [5.74, 6) is -0.269. The summed E-state index contributed by atoms with van der Waals surface area (Å²) in [5.41, 5.74) is 1.32. The summed E-state index contributed by atoms with van der Waals surface area (Å²) >= 11 is 0. The lowest BCUT2D eigenvalue weighted by Crippen LogP contribution is -2.43. The molecule has 1 aromatic rings. The fourth-order valence-corrected chi connectivity index (χ4v) is 3.22. The van der Waals surface area contributed by atoms with Crippen LogP contribution >= 0.6 is 0 Å². The van der Waals surface area contributed by atoms with Gasteiger partial charge >= 0.3 is 5.97 Å². The molecule has 3 atom stereocenters. The van der Waals surface area contributed by atoms with E-state index >= 15 is 0 Å². The molecule has 1 heterocycles. The Bertz CT molecular complexity index is 626. The maximum atomic E-state index is 12.1. The van der Waals surface area contributed by atoms with Gasteiger partial charge in [0.25, 0.3) is 5.69 Å². The number of benzene rings is 1. The van der Waals surface area contributed by atoms with Crippen LogP contribution in [0.2, 0.25) is 0 Å². The number of hydrogen-bond donors (Lipinski definition) is 1. The first-order valence-corrected chi connectivity index (χ1v) is 7.00. The highest BCUT2D eigenvalue weighted by molar-refractivity contribution is 5.84. The van der Waals surface area contributed by atoms with Gasteiger partial charge in [-0.15, -0.1) is 0 Å². The third-order valence-electron chi connectivity index (χ3n) is 4.11. The van der Waals surface area contributed by atoms with Crippen molar-refractivity contribution in [1.29, 1.82) is 0 Å². The molecular formula is C15H16N2O4. The van der Waals surface area contributed by atoms with E-state index in [0.717, 1.165) is 12.0 Å². The molecule has 2 aliphatic rings. The van der Waals surface area contributed by atoms with Crippen LogP contribution in [0.1, 0.15) is 24.8 Å². The largest absolute Gasteiger partial charge is 0.464 e. The molecule has 21 heavy (non-hydrogen) atoms. The van der Waals surface area contributed by atoms with Gasteiger partial charge in [0.2, 0.25) is 0 Å². The highest BCUT2D eigenvalue weighted by Crippen LogP contribution is 2.47. The predicted molar refractivity (Wildman–Crippen MR) is 77.1 cm³/mol. The van der Waals surface area contributed by atoms with Crippen molar-refractivity contribution in [3.8, 4) is 0 Å². The normalized spacial score (nSPS) is 25.7. The van der Waals surface area contributed by atoms with Gasteiger partial charge in [-0.1, -0.05) is 24.3 Å². The van der Waals surface area contributed by atoms with Gasteiger partial charge in [0, 0.05) is 17.9 Å². The highest BCUT2D eigenvalue weighted by atomic mass is 16.6. The molecule has 1 aliphatic heterocycles. The quantitative estimate of drug-likeness (QED) is 0.400. The SMILES string of the molecule is CCOC(=O)[C@@H]1Nc2c(cccc2[N+](=O)[O-])[C@H]2C=CC[C@@H]21. The van der Waals surface area contributed by atoms with Crippen molar-refractivity contribution in [3.05, 3.63) is 46.0 Å². The van der Waals surface area contributed by atoms with E-state index in [0.29, 0.717) is 12.3 Å². The smallest absolute Gasteiger partial charge is 0.328 e. The van der Waals surface area contributed by atoms with Gasteiger partial charge in [0.1, 0.15) is 11.7 Å². The van der Waals surface area contributed by atoms with E-state index in [1.54, 1.807) is 13.0 Å². The van der Waals surface area contributed by atoms with Crippen LogP contribution < -0.4 is 5.32 Å². The molecule has 0 radical (unpaired) electrons. The molecule has 1 N–H and O–H groups in total. The molecule has 3 rings (SSSR count). The number of nitro groups is 1. The molecule has 0 aromatic heterocycles. The molecule has 110 valence electrons. The van der Waals surface area contributed by atoms with E-state index in [1.807, 2.05) is 18.2 Å². The summed E-state index contributed by atoms with van der Waals surface area (Å²) in [4.78, 5) is 22.9. The van der Waals surface area contributed by atoms with Gasteiger partial charge in [-0.25, -0.2) is 4.79 Å². The number of carbonyl (C=O) groups is 1. The molecule has 6 heteroatoms. The lowest BCUT2D eigenvalue weighted by atomic mass is 9.79. The zero-order valence-corrected chi connectivity index (χ0v) is 11.6. The predicted octanol–water partition coefficient (Wildman–Crippen LogP) is 2.61. The van der Waals surface area contributed by atoms with E-state index in [4.69, 9.17) is 4.74 Å². The van der Waals surface area contributed by atoms with Crippen LogP contribution in [-0.2, 0) is 9.53 Å². The Morgan fingerprint density at radius 1 is 1.52 bits per heavy atom. The number of nitrogens with zero attached hydrogens (tertiary/aromatic N) is 1. The fraction of sp³-hybridized carbons (Fsp3) is 0.400. The number of para-hydroxylation sites is 1. The second-order valence-electron chi connectivity index (χ2n) is 5.23. The van der Waals surface area contributed by atoms with Gasteiger partial charge in [0.15, 0.2) is 0 Å². The molecule has 6 nitrogen and oxygen atoms in total. The Kier molecular flexibility index (Phi) is 3.37. The summed E-state index contributed by atoms with van der Waals surface area (Å²) in [5, 5.41) is 14.2. The summed E-state index contributed by atoms with van der Waals surface area (Å²) in [7, 11) is 0. The van der Waals surface area contributed by atoms with Crippen LogP contribution in [0.4, 0.5) is 11.4 Å². The summed E-state index contributed by atoms with van der Waals surface area (Å²) in [6.45, 7) is 2.05. The maximum Gasteiger partial charge on any atom is 0.328 e. The van der Waals surface area contributed by atoms with E-state index in [9.17, 15) is 14.9 Å². The second kappa shape index (κ2) is 5.20. The van der Waals surface area contributed by atoms with Crippen LogP contribution in [0, 0.1) is 16.0 Å². The second-order valence-corrected chi connectivity index (χ2v) is 5.23. The fourth-order valence-electron chi connectivity index (χ4n) is 3.22. The lowest BCUT2D eigenvalue weighted by Gasteiger charge is -2.35. The third kappa shape index (κ3) is 2.16. The molecule has 0 saturated carbocycles. The summed E-state index contributed by atoms with van der Waals surface area (Å²) in [6.07, 6.45) is 4.82. The van der Waals surface area contributed by atoms with Crippen molar-refractivity contribution in [2.24, 2.45) is 5.92 Å². The Morgan fingerprint density at radius 3 is 3.05 bits per heavy atom. The molecule has 0 unspecified atom stereocenters. The first kappa shape index (κ1) is 13.6. The number of nitro benzene ring substituents is 1. The molecule has 0 saturated heterocycles. The third-order valence-corrected chi connectivity index (χ3v) is 4.11. The average molecular weight is 288 g/mol. The van der Waals surface area contributed by atoms with E-state index in [1.165, 1.54) is 6.07 Å². The maximum absolute atomic E-state index is 12.1. The number of anilines is 1. The Morgan fingerprint density at radius 2 is 2.33 bits per heavy atom. The van der Waals surface area contributed by atoms with Crippen LogP contribution in [0.5, 0.6) is 0 Å². The van der Waals surface area contributed by atoms with Gasteiger partial charge in [-0.05, 0) is 18.9 Å². The van der Waals surface area contributed by atoms with Crippen molar-refractivity contribution in [2.75, 3.05) is 11.9 Å². The molecule has 0 amide bonds. The standard InChI is InChI=1S/C15H16N2O4/c1-2-21-15(18)14-11-6-3-5-9(11)10-7-4-8-12(17(19)20)13(10)16-14/h3-5,7-9,11,14,16H,2,6H2,1H3/t9-,11+,14-/m1/s1. The summed E-state index contributed by atoms with van der Waals surface area (Å²) < 4.78 is 5.11. The summed E-state index contributed by atoms with van der Waals surface area (Å²) in [6, 6.07) is 4.47. The topological polar surface area (TPSA) is 81.5 Å². The Hall–Kier alpha value is -2.37. The van der Waals surface area contributed by atoms with Crippen LogP contribution in [0.15, 0.2) is 30.4 Å². The van der Waals surface area contributed by atoms with Crippen molar-refractivity contribution in [1.82, 2.24) is 0 Å². The van der Waals surface area contributed by atoms with Gasteiger partial charge in [0.05, 0.1) is 11.5 Å². The number of allylic oxidation sites excluding steroid dienone is 2. The van der Waals surface area contributed by atoms with Gasteiger partial charge in [-0.2, -0.15) is 0 Å². The van der Waals surface area contributed by atoms with E-state index in [2.05, 4.69) is 5.32 Å². The number of ether oxygens (including phenoxy) is 1. The number of nitrogens with one attached hydrogen (secondary N) is 1. The zero-order chi connectivity index (χ0) is 15.0. The average Bonchev–Trinajstić information content (AvgIpc) is 2.95. The number of carbonyl (C=O) groups excluding carboxylic acids is 1. The van der Waals surface area contributed by atoms with Crippen molar-refractivity contribution < 1.29 is 14.5 Å². The van der Waals surface area contributed by atoms with Crippen LogP contribution in [0.3, 0.4) is 0 Å².